The number of hydrogen-bond acceptors (Lipinski definition) is 2. The Hall–Kier alpha value is -0.413. The number of ketones is 1. The van der Waals surface area contributed by atoms with Gasteiger partial charge in [-0.3, -0.25) is 4.79 Å². The van der Waals surface area contributed by atoms with Crippen molar-refractivity contribution in [1.29, 1.82) is 0 Å². The Morgan fingerprint density at radius 3 is 1.95 bits per heavy atom. The Bertz CT molecular complexity index is 276. The van der Waals surface area contributed by atoms with Crippen molar-refractivity contribution in [2.45, 2.75) is 72.2 Å². The summed E-state index contributed by atoms with van der Waals surface area (Å²) in [6, 6.07) is 3.36. The quantitative estimate of drug-likeness (QED) is 0.425. The molecule has 0 aliphatic carbocycles. The molecule has 3 heteroatoms. The van der Waals surface area contributed by atoms with E-state index in [1.54, 1.807) is 0 Å². The monoisotopic (exact) mass is 284 g/mol. The fourth-order valence-electron chi connectivity index (χ4n) is 2.59. The van der Waals surface area contributed by atoms with Gasteiger partial charge in [0.15, 0.2) is 8.32 Å². The summed E-state index contributed by atoms with van der Waals surface area (Å²) in [5.41, 5.74) is 0. The molecule has 0 aliphatic heterocycles. The molecule has 2 nitrogen and oxygen atoms in total. The lowest BCUT2D eigenvalue weighted by Crippen LogP contribution is -2.45. The van der Waals surface area contributed by atoms with Gasteiger partial charge >= 0.3 is 0 Å². The molecule has 0 radical (unpaired) electrons. The van der Waals surface area contributed by atoms with Gasteiger partial charge in [0.25, 0.3) is 0 Å². The Labute approximate surface area is 120 Å². The number of Topliss-reactive ketones (excluding diaryl/α,β-unsaturated/α-hetero) is 1. The lowest BCUT2D eigenvalue weighted by Gasteiger charge is -2.37. The molecule has 0 bridgehead atoms. The van der Waals surface area contributed by atoms with E-state index in [4.69, 9.17) is 4.43 Å². The van der Waals surface area contributed by atoms with Crippen LogP contribution in [0.25, 0.3) is 0 Å². The van der Waals surface area contributed by atoms with Crippen LogP contribution in [0.4, 0.5) is 0 Å². The minimum Gasteiger partial charge on any atom is -0.413 e. The maximum atomic E-state index is 12.0. The summed E-state index contributed by atoms with van der Waals surface area (Å²) in [5.74, 6) is 0.487. The van der Waals surface area contributed by atoms with Gasteiger partial charge in [-0.1, -0.05) is 47.6 Å². The molecular weight excluding hydrogens is 252 g/mol. The second kappa shape index (κ2) is 8.70. The summed E-state index contributed by atoms with van der Waals surface area (Å²) >= 11 is 0. The maximum absolute atomic E-state index is 12.0. The molecule has 0 aromatic carbocycles. The molecule has 0 saturated heterocycles. The maximum Gasteiger partial charge on any atom is 0.192 e. The smallest absolute Gasteiger partial charge is 0.192 e. The van der Waals surface area contributed by atoms with E-state index in [-0.39, 0.29) is 17.9 Å². The molecule has 3 atom stereocenters. The molecule has 0 aliphatic rings. The van der Waals surface area contributed by atoms with Gasteiger partial charge < -0.3 is 4.43 Å². The zero-order chi connectivity index (χ0) is 15.1. The second-order valence-electron chi connectivity index (χ2n) is 5.53. The molecule has 0 unspecified atom stereocenters. The van der Waals surface area contributed by atoms with Crippen molar-refractivity contribution in [2.75, 3.05) is 0 Å². The summed E-state index contributed by atoms with van der Waals surface area (Å²) in [7, 11) is -1.68. The minimum absolute atomic E-state index is 0.00327. The second-order valence-corrected chi connectivity index (χ2v) is 10.3. The van der Waals surface area contributed by atoms with Crippen molar-refractivity contribution in [3.8, 4) is 0 Å². The Kier molecular flexibility index (Phi) is 8.51. The molecular formula is C16H32O2Si. The van der Waals surface area contributed by atoms with Crippen LogP contribution < -0.4 is 0 Å². The third-order valence-electron chi connectivity index (χ3n) is 4.56. The van der Waals surface area contributed by atoms with Gasteiger partial charge in [0.1, 0.15) is 5.78 Å². The molecule has 0 aromatic rings. The van der Waals surface area contributed by atoms with E-state index in [9.17, 15) is 4.79 Å². The van der Waals surface area contributed by atoms with E-state index >= 15 is 0 Å². The first-order valence-electron chi connectivity index (χ1n) is 7.74. The first-order chi connectivity index (χ1) is 8.91. The van der Waals surface area contributed by atoms with Gasteiger partial charge in [-0.15, -0.1) is 6.58 Å². The van der Waals surface area contributed by atoms with Crippen LogP contribution in [-0.2, 0) is 9.22 Å². The van der Waals surface area contributed by atoms with Gasteiger partial charge in [0.2, 0.25) is 0 Å². The topological polar surface area (TPSA) is 26.3 Å². The lowest BCUT2D eigenvalue weighted by molar-refractivity contribution is -0.125. The number of hydrogen-bond donors (Lipinski definition) is 0. The molecule has 0 fully saturated rings. The average Bonchev–Trinajstić information content (AvgIpc) is 2.47. The van der Waals surface area contributed by atoms with Gasteiger partial charge in [-0.25, -0.2) is 0 Å². The van der Waals surface area contributed by atoms with Crippen LogP contribution in [0.3, 0.4) is 0 Å². The number of carbonyl (C=O) groups excluding carboxylic acids is 1. The van der Waals surface area contributed by atoms with Gasteiger partial charge in [0, 0.05) is 12.3 Å². The van der Waals surface area contributed by atoms with Crippen molar-refractivity contribution < 1.29 is 9.22 Å². The van der Waals surface area contributed by atoms with Crippen LogP contribution >= 0.6 is 0 Å². The highest BCUT2D eigenvalue weighted by molar-refractivity contribution is 6.73. The van der Waals surface area contributed by atoms with Crippen LogP contribution in [0.15, 0.2) is 12.7 Å². The number of carbonyl (C=O) groups is 1. The average molecular weight is 285 g/mol. The summed E-state index contributed by atoms with van der Waals surface area (Å²) in [6.07, 6.45) is 2.50. The summed E-state index contributed by atoms with van der Waals surface area (Å²) in [6.45, 7) is 16.6. The fraction of sp³-hybridized carbons (Fsp3) is 0.812. The van der Waals surface area contributed by atoms with Gasteiger partial charge in [0.05, 0.1) is 6.10 Å². The zero-order valence-electron chi connectivity index (χ0n) is 13.7. The zero-order valence-corrected chi connectivity index (χ0v) is 14.7. The molecule has 19 heavy (non-hydrogen) atoms. The molecule has 112 valence electrons. The van der Waals surface area contributed by atoms with Crippen molar-refractivity contribution >= 4 is 14.1 Å². The van der Waals surface area contributed by atoms with Crippen LogP contribution in [0.5, 0.6) is 0 Å². The largest absolute Gasteiger partial charge is 0.413 e. The van der Waals surface area contributed by atoms with Crippen molar-refractivity contribution in [1.82, 2.24) is 0 Å². The molecule has 0 spiro atoms. The van der Waals surface area contributed by atoms with E-state index in [2.05, 4.69) is 34.3 Å². The van der Waals surface area contributed by atoms with E-state index in [1.807, 2.05) is 19.9 Å². The van der Waals surface area contributed by atoms with E-state index in [0.29, 0.717) is 12.2 Å². The third kappa shape index (κ3) is 4.88. The minimum atomic E-state index is -1.68. The molecule has 0 heterocycles. The lowest BCUT2D eigenvalue weighted by atomic mass is 9.89. The number of rotatable bonds is 10. The van der Waals surface area contributed by atoms with Crippen LogP contribution in [0, 0.1) is 11.8 Å². The van der Waals surface area contributed by atoms with E-state index in [1.165, 1.54) is 0 Å². The predicted molar refractivity (Wildman–Crippen MR) is 85.9 cm³/mol. The Morgan fingerprint density at radius 1 is 1.16 bits per heavy atom. The van der Waals surface area contributed by atoms with Crippen molar-refractivity contribution in [3.63, 3.8) is 0 Å². The third-order valence-corrected chi connectivity index (χ3v) is 9.20. The van der Waals surface area contributed by atoms with Crippen LogP contribution in [-0.4, -0.2) is 20.2 Å². The van der Waals surface area contributed by atoms with Gasteiger partial charge in [-0.2, -0.15) is 0 Å². The highest BCUT2D eigenvalue weighted by atomic mass is 28.4. The Morgan fingerprint density at radius 2 is 1.63 bits per heavy atom. The first kappa shape index (κ1) is 18.6. The molecule has 0 aromatic heterocycles. The van der Waals surface area contributed by atoms with Crippen molar-refractivity contribution in [2.24, 2.45) is 11.8 Å². The van der Waals surface area contributed by atoms with E-state index in [0.717, 1.165) is 18.1 Å². The summed E-state index contributed by atoms with van der Waals surface area (Å²) in [5, 5.41) is 0. The highest BCUT2D eigenvalue weighted by Gasteiger charge is 2.37. The standard InChI is InChI=1S/C16H32O2Si/c1-8-13(6)16(14(7)15(17)9-2)18-19(10-3,11-4)12-5/h8,13-14,16H,1,9-12H2,2-7H3/t13-,14-,16-/m1/s1. The van der Waals surface area contributed by atoms with Gasteiger partial charge in [-0.05, 0) is 24.1 Å². The normalized spacial score (nSPS) is 16.7. The fourth-order valence-corrected chi connectivity index (χ4v) is 5.59. The molecule has 0 saturated carbocycles. The predicted octanol–water partition coefficient (Wildman–Crippen LogP) is 4.81. The summed E-state index contributed by atoms with van der Waals surface area (Å²) < 4.78 is 6.57. The van der Waals surface area contributed by atoms with Crippen LogP contribution in [0.2, 0.25) is 18.1 Å². The SMILES string of the molecule is C=C[C@@H](C)[C@@H](O[Si](CC)(CC)CC)[C@H](C)C(=O)CC. The first-order valence-corrected chi connectivity index (χ1v) is 10.3. The molecule has 0 rings (SSSR count). The van der Waals surface area contributed by atoms with Crippen molar-refractivity contribution in [3.05, 3.63) is 12.7 Å². The summed E-state index contributed by atoms with van der Waals surface area (Å²) in [4.78, 5) is 12.0. The molecule has 0 N–H and O–H groups in total. The van der Waals surface area contributed by atoms with E-state index < -0.39 is 8.32 Å². The van der Waals surface area contributed by atoms with Crippen LogP contribution in [0.1, 0.15) is 48.0 Å². The highest BCUT2D eigenvalue weighted by Crippen LogP contribution is 2.30. The Balaban J connectivity index is 5.15. The molecule has 0 amide bonds.